The van der Waals surface area contributed by atoms with E-state index in [9.17, 15) is 18.0 Å². The van der Waals surface area contributed by atoms with Crippen LogP contribution in [0.1, 0.15) is 41.0 Å². The van der Waals surface area contributed by atoms with E-state index in [1.165, 1.54) is 24.3 Å². The normalized spacial score (nSPS) is 13.2. The van der Waals surface area contributed by atoms with Gasteiger partial charge in [0.1, 0.15) is 11.6 Å². The molecule has 146 valence electrons. The molecular weight excluding hydrogens is 358 g/mol. The van der Waals surface area contributed by atoms with Gasteiger partial charge in [0.25, 0.3) is 15.9 Å². The second-order valence-corrected chi connectivity index (χ2v) is 9.05. The molecule has 1 aromatic rings. The Kier molecular flexibility index (Phi) is 7.02. The van der Waals surface area contributed by atoms with Gasteiger partial charge >= 0.3 is 6.09 Å². The summed E-state index contributed by atoms with van der Waals surface area (Å²) < 4.78 is 31.9. The topological polar surface area (TPSA) is 128 Å². The van der Waals surface area contributed by atoms with Crippen LogP contribution in [-0.4, -0.2) is 32.1 Å². The van der Waals surface area contributed by atoms with Crippen molar-refractivity contribution < 1.29 is 22.7 Å². The van der Waals surface area contributed by atoms with Crippen LogP contribution in [0.25, 0.3) is 0 Å². The SMILES string of the molecule is CC(C)C[C@H](NC(=O)OC(C)(C)C)C(=O)NS(=O)(=O)c1cccc(N)c1. The van der Waals surface area contributed by atoms with Crippen molar-refractivity contribution in [2.24, 2.45) is 5.92 Å². The standard InChI is InChI=1S/C17H27N3O5S/c1-11(2)9-14(19-16(22)25-17(3,4)5)15(21)20-26(23,24)13-8-6-7-12(18)10-13/h6-8,10-11,14H,9,18H2,1-5H3,(H,19,22)(H,20,21)/t14-/m0/s1. The van der Waals surface area contributed by atoms with Gasteiger partial charge in [0.15, 0.2) is 0 Å². The van der Waals surface area contributed by atoms with Gasteiger partial charge < -0.3 is 15.8 Å². The fourth-order valence-corrected chi connectivity index (χ4v) is 3.17. The first kappa shape index (κ1) is 21.8. The van der Waals surface area contributed by atoms with Crippen LogP contribution in [-0.2, 0) is 19.6 Å². The highest BCUT2D eigenvalue weighted by atomic mass is 32.2. The third-order valence-corrected chi connectivity index (χ3v) is 4.46. The monoisotopic (exact) mass is 385 g/mol. The van der Waals surface area contributed by atoms with Crippen molar-refractivity contribution in [1.82, 2.24) is 10.0 Å². The zero-order valence-electron chi connectivity index (χ0n) is 15.7. The Bertz CT molecular complexity index is 754. The van der Waals surface area contributed by atoms with Crippen LogP contribution in [0.4, 0.5) is 10.5 Å². The number of amides is 2. The van der Waals surface area contributed by atoms with Gasteiger partial charge in [0.2, 0.25) is 0 Å². The average molecular weight is 385 g/mol. The first-order chi connectivity index (χ1) is 11.8. The molecule has 0 saturated heterocycles. The highest BCUT2D eigenvalue weighted by molar-refractivity contribution is 7.90. The first-order valence-corrected chi connectivity index (χ1v) is 9.70. The summed E-state index contributed by atoms with van der Waals surface area (Å²) in [6, 6.07) is 4.52. The quantitative estimate of drug-likeness (QED) is 0.643. The number of hydrogen-bond donors (Lipinski definition) is 3. The van der Waals surface area contributed by atoms with E-state index in [1.807, 2.05) is 18.6 Å². The molecule has 9 heteroatoms. The van der Waals surface area contributed by atoms with Crippen LogP contribution < -0.4 is 15.8 Å². The molecular formula is C17H27N3O5S. The molecule has 0 bridgehead atoms. The van der Waals surface area contributed by atoms with E-state index in [0.29, 0.717) is 0 Å². The van der Waals surface area contributed by atoms with Gasteiger partial charge in [-0.15, -0.1) is 0 Å². The Morgan fingerprint density at radius 2 is 1.85 bits per heavy atom. The molecule has 1 atom stereocenters. The van der Waals surface area contributed by atoms with Gasteiger partial charge in [0, 0.05) is 5.69 Å². The molecule has 0 spiro atoms. The molecule has 0 aromatic heterocycles. The third kappa shape index (κ3) is 7.30. The lowest BCUT2D eigenvalue weighted by Crippen LogP contribution is -2.50. The molecule has 0 fully saturated rings. The van der Waals surface area contributed by atoms with Gasteiger partial charge in [0.05, 0.1) is 4.90 Å². The molecule has 0 aliphatic carbocycles. The number of hydrogen-bond acceptors (Lipinski definition) is 6. The highest BCUT2D eigenvalue weighted by Crippen LogP contribution is 2.14. The number of carbonyl (C=O) groups is 2. The van der Waals surface area contributed by atoms with Crippen LogP contribution in [0.15, 0.2) is 29.2 Å². The van der Waals surface area contributed by atoms with Crippen LogP contribution in [0.3, 0.4) is 0 Å². The molecule has 0 radical (unpaired) electrons. The molecule has 0 aliphatic rings. The first-order valence-electron chi connectivity index (χ1n) is 8.22. The number of nitrogens with one attached hydrogen (secondary N) is 2. The summed E-state index contributed by atoms with van der Waals surface area (Å²) in [7, 11) is -4.11. The van der Waals surface area contributed by atoms with Gasteiger partial charge in [-0.3, -0.25) is 4.79 Å². The molecule has 0 aliphatic heterocycles. The Morgan fingerprint density at radius 1 is 1.23 bits per heavy atom. The minimum Gasteiger partial charge on any atom is -0.444 e. The number of alkyl carbamates (subject to hydrolysis) is 1. The summed E-state index contributed by atoms with van der Waals surface area (Å²) in [4.78, 5) is 24.3. The Labute approximate surface area is 154 Å². The molecule has 0 saturated carbocycles. The van der Waals surface area contributed by atoms with Crippen molar-refractivity contribution in [3.63, 3.8) is 0 Å². The molecule has 1 aromatic carbocycles. The van der Waals surface area contributed by atoms with Crippen molar-refractivity contribution in [3.05, 3.63) is 24.3 Å². The van der Waals surface area contributed by atoms with E-state index in [2.05, 4.69) is 5.32 Å². The van der Waals surface area contributed by atoms with Crippen molar-refractivity contribution in [1.29, 1.82) is 0 Å². The van der Waals surface area contributed by atoms with Crippen LogP contribution >= 0.6 is 0 Å². The van der Waals surface area contributed by atoms with Crippen molar-refractivity contribution >= 4 is 27.7 Å². The number of carbonyl (C=O) groups excluding carboxylic acids is 2. The highest BCUT2D eigenvalue weighted by Gasteiger charge is 2.28. The minimum absolute atomic E-state index is 0.0377. The predicted octanol–water partition coefficient (Wildman–Crippen LogP) is 2.01. The van der Waals surface area contributed by atoms with Crippen LogP contribution in [0.2, 0.25) is 0 Å². The van der Waals surface area contributed by atoms with E-state index in [0.717, 1.165) is 0 Å². The Hall–Kier alpha value is -2.29. The molecule has 1 rings (SSSR count). The fourth-order valence-electron chi connectivity index (χ4n) is 2.10. The lowest BCUT2D eigenvalue weighted by Gasteiger charge is -2.24. The fraction of sp³-hybridized carbons (Fsp3) is 0.529. The minimum atomic E-state index is -4.11. The summed E-state index contributed by atoms with van der Waals surface area (Å²) in [5, 5.41) is 2.43. The zero-order valence-corrected chi connectivity index (χ0v) is 16.5. The number of ether oxygens (including phenoxy) is 1. The third-order valence-electron chi connectivity index (χ3n) is 3.12. The number of sulfonamides is 1. The summed E-state index contributed by atoms with van der Waals surface area (Å²) >= 11 is 0. The number of nitrogen functional groups attached to an aromatic ring is 1. The molecule has 8 nitrogen and oxygen atoms in total. The Balaban J connectivity index is 2.93. The number of benzene rings is 1. The summed E-state index contributed by atoms with van der Waals surface area (Å²) in [5.74, 6) is -0.803. The lowest BCUT2D eigenvalue weighted by molar-refractivity contribution is -0.121. The molecule has 4 N–H and O–H groups in total. The number of anilines is 1. The van der Waals surface area contributed by atoms with Crippen LogP contribution in [0.5, 0.6) is 0 Å². The predicted molar refractivity (Wildman–Crippen MR) is 98.8 cm³/mol. The molecule has 26 heavy (non-hydrogen) atoms. The maximum Gasteiger partial charge on any atom is 0.408 e. The summed E-state index contributed by atoms with van der Waals surface area (Å²) in [6.07, 6.45) is -0.544. The largest absolute Gasteiger partial charge is 0.444 e. The maximum atomic E-state index is 12.5. The van der Waals surface area contributed by atoms with Crippen molar-refractivity contribution in [2.45, 2.75) is 57.6 Å². The average Bonchev–Trinajstić information content (AvgIpc) is 2.43. The maximum absolute atomic E-state index is 12.5. The molecule has 2 amide bonds. The van der Waals surface area contributed by atoms with Crippen LogP contribution in [0, 0.1) is 5.92 Å². The number of rotatable bonds is 6. The van der Waals surface area contributed by atoms with Crippen molar-refractivity contribution in [2.75, 3.05) is 5.73 Å². The van der Waals surface area contributed by atoms with Gasteiger partial charge in [-0.25, -0.2) is 17.9 Å². The van der Waals surface area contributed by atoms with E-state index in [-0.39, 0.29) is 22.9 Å². The van der Waals surface area contributed by atoms with Gasteiger partial charge in [-0.2, -0.15) is 0 Å². The van der Waals surface area contributed by atoms with Crippen molar-refractivity contribution in [3.8, 4) is 0 Å². The lowest BCUT2D eigenvalue weighted by atomic mass is 10.0. The summed E-state index contributed by atoms with van der Waals surface area (Å²) in [6.45, 7) is 8.77. The van der Waals surface area contributed by atoms with E-state index in [4.69, 9.17) is 10.5 Å². The van der Waals surface area contributed by atoms with E-state index in [1.54, 1.807) is 20.8 Å². The second-order valence-electron chi connectivity index (χ2n) is 7.37. The smallest absolute Gasteiger partial charge is 0.408 e. The van der Waals surface area contributed by atoms with E-state index < -0.39 is 33.7 Å². The van der Waals surface area contributed by atoms with Gasteiger partial charge in [-0.05, 0) is 51.3 Å². The summed E-state index contributed by atoms with van der Waals surface area (Å²) in [5.41, 5.74) is 5.10. The Morgan fingerprint density at radius 3 is 2.35 bits per heavy atom. The number of nitrogens with two attached hydrogens (primary N) is 1. The van der Waals surface area contributed by atoms with E-state index >= 15 is 0 Å². The molecule has 0 unspecified atom stereocenters. The second kappa shape index (κ2) is 8.39. The molecule has 0 heterocycles. The zero-order chi connectivity index (χ0) is 20.1. The van der Waals surface area contributed by atoms with Gasteiger partial charge in [-0.1, -0.05) is 19.9 Å².